The predicted molar refractivity (Wildman–Crippen MR) is 272 cm³/mol. The molecule has 64 heavy (non-hydrogen) atoms. The Bertz CT molecular complexity index is 3910. The first kappa shape index (κ1) is 36.5. The summed E-state index contributed by atoms with van der Waals surface area (Å²) in [5, 5.41) is 7.34. The summed E-state index contributed by atoms with van der Waals surface area (Å²) in [6, 6.07) is 83.5. The summed E-state index contributed by atoms with van der Waals surface area (Å²) >= 11 is 1.85. The second-order valence-corrected chi connectivity index (χ2v) is 17.6. The van der Waals surface area contributed by atoms with Gasteiger partial charge in [-0.25, -0.2) is 0 Å². The van der Waals surface area contributed by atoms with Gasteiger partial charge in [-0.2, -0.15) is 0 Å². The minimum absolute atomic E-state index is 0.903. The zero-order chi connectivity index (χ0) is 42.1. The maximum atomic E-state index is 6.47. The third-order valence-electron chi connectivity index (χ3n) is 12.8. The normalized spacial score (nSPS) is 11.8. The number of fused-ring (bicyclic) bond motifs is 9. The number of hydrogen-bond acceptors (Lipinski definition) is 3. The van der Waals surface area contributed by atoms with Crippen molar-refractivity contribution in [1.82, 2.24) is 4.57 Å². The highest BCUT2D eigenvalue weighted by atomic mass is 32.1. The minimum Gasteiger partial charge on any atom is -0.455 e. The molecule has 0 fully saturated rings. The van der Waals surface area contributed by atoms with Gasteiger partial charge in [0.25, 0.3) is 0 Å². The van der Waals surface area contributed by atoms with E-state index in [0.29, 0.717) is 0 Å². The van der Waals surface area contributed by atoms with Gasteiger partial charge in [-0.1, -0.05) is 140 Å². The van der Waals surface area contributed by atoms with Crippen LogP contribution in [0.5, 0.6) is 0 Å². The van der Waals surface area contributed by atoms with E-state index in [1.165, 1.54) is 58.7 Å². The molecule has 0 amide bonds. The van der Waals surface area contributed by atoms with E-state index in [9.17, 15) is 0 Å². The van der Waals surface area contributed by atoms with Crippen LogP contribution >= 0.6 is 11.3 Å². The Labute approximate surface area is 373 Å². The molecule has 0 saturated carbocycles. The Morgan fingerprint density at radius 2 is 0.922 bits per heavy atom. The molecule has 300 valence electrons. The lowest BCUT2D eigenvalue weighted by molar-refractivity contribution is 0.670. The van der Waals surface area contributed by atoms with Crippen molar-refractivity contribution in [3.05, 3.63) is 231 Å². The van der Waals surface area contributed by atoms with Crippen molar-refractivity contribution in [3.8, 4) is 39.1 Å². The molecule has 3 aromatic heterocycles. The first-order valence-corrected chi connectivity index (χ1v) is 22.6. The highest BCUT2D eigenvalue weighted by Crippen LogP contribution is 2.43. The van der Waals surface area contributed by atoms with Crippen LogP contribution < -0.4 is 4.90 Å². The van der Waals surface area contributed by atoms with E-state index >= 15 is 0 Å². The maximum Gasteiger partial charge on any atom is 0.143 e. The molecule has 3 nitrogen and oxygen atoms in total. The fraction of sp³-hybridized carbons (Fsp3) is 0. The molecule has 0 aliphatic heterocycles. The highest BCUT2D eigenvalue weighted by molar-refractivity contribution is 7.25. The Morgan fingerprint density at radius 3 is 1.72 bits per heavy atom. The Morgan fingerprint density at radius 1 is 0.344 bits per heavy atom. The third-order valence-corrected chi connectivity index (χ3v) is 13.9. The van der Waals surface area contributed by atoms with Gasteiger partial charge in [0.1, 0.15) is 11.2 Å². The van der Waals surface area contributed by atoms with Crippen molar-refractivity contribution < 1.29 is 4.42 Å². The molecule has 13 rings (SSSR count). The van der Waals surface area contributed by atoms with E-state index in [1.807, 2.05) is 23.5 Å². The summed E-state index contributed by atoms with van der Waals surface area (Å²) in [7, 11) is 0. The van der Waals surface area contributed by atoms with E-state index in [1.54, 1.807) is 0 Å². The van der Waals surface area contributed by atoms with Crippen molar-refractivity contribution in [3.63, 3.8) is 0 Å². The number of rotatable bonds is 7. The molecule has 0 saturated heterocycles. The average Bonchev–Trinajstić information content (AvgIpc) is 4.04. The molecule has 0 radical (unpaired) electrons. The van der Waals surface area contributed by atoms with Gasteiger partial charge in [0.15, 0.2) is 0 Å². The van der Waals surface area contributed by atoms with Gasteiger partial charge in [-0.15, -0.1) is 11.3 Å². The summed E-state index contributed by atoms with van der Waals surface area (Å²) in [5.74, 6) is 0. The van der Waals surface area contributed by atoms with Crippen LogP contribution in [0.4, 0.5) is 17.1 Å². The molecule has 0 bridgehead atoms. The van der Waals surface area contributed by atoms with Crippen molar-refractivity contribution in [2.75, 3.05) is 4.90 Å². The van der Waals surface area contributed by atoms with Crippen LogP contribution in [0.3, 0.4) is 0 Å². The standard InChI is InChI=1S/C60H38N2OS/c1-2-15-44(16-3-1)62-55-24-7-4-19-49(55)53-37-42(29-33-56(53)62)40-13-10-17-46(35-40)61(45-31-27-39(28-32-45)48-22-12-23-52-50-20-5-8-25-57(50)63-60(48)52)47-18-11-14-41(36-47)43-30-34-59-54(38-43)51-21-6-9-26-58(51)64-59/h1-38H. The fourth-order valence-corrected chi connectivity index (χ4v) is 10.9. The number of benzene rings is 10. The molecule has 3 heterocycles. The lowest BCUT2D eigenvalue weighted by atomic mass is 9.99. The zero-order valence-corrected chi connectivity index (χ0v) is 35.5. The van der Waals surface area contributed by atoms with Crippen LogP contribution in [0.2, 0.25) is 0 Å². The van der Waals surface area contributed by atoms with Crippen LogP contribution in [0, 0.1) is 0 Å². The number of thiophene rings is 1. The zero-order valence-electron chi connectivity index (χ0n) is 34.7. The molecule has 0 spiro atoms. The number of anilines is 3. The molecule has 0 unspecified atom stereocenters. The number of nitrogens with zero attached hydrogens (tertiary/aromatic N) is 2. The summed E-state index contributed by atoms with van der Waals surface area (Å²) in [5.41, 5.74) is 15.5. The van der Waals surface area contributed by atoms with E-state index < -0.39 is 0 Å². The second kappa shape index (κ2) is 14.7. The molecule has 0 atom stereocenters. The molecule has 13 aromatic rings. The van der Waals surface area contributed by atoms with E-state index in [0.717, 1.165) is 61.4 Å². The Hall–Kier alpha value is -8.18. The first-order chi connectivity index (χ1) is 31.7. The van der Waals surface area contributed by atoms with Crippen LogP contribution in [0.25, 0.3) is 103 Å². The highest BCUT2D eigenvalue weighted by Gasteiger charge is 2.19. The topological polar surface area (TPSA) is 21.3 Å². The van der Waals surface area contributed by atoms with Crippen LogP contribution in [0.15, 0.2) is 235 Å². The van der Waals surface area contributed by atoms with Gasteiger partial charge in [-0.3, -0.25) is 0 Å². The number of hydrogen-bond donors (Lipinski definition) is 0. The summed E-state index contributed by atoms with van der Waals surface area (Å²) < 4.78 is 11.5. The molecule has 10 aromatic carbocycles. The van der Waals surface area contributed by atoms with Gasteiger partial charge in [0.05, 0.1) is 11.0 Å². The van der Waals surface area contributed by atoms with Gasteiger partial charge >= 0.3 is 0 Å². The number of para-hydroxylation sites is 4. The van der Waals surface area contributed by atoms with Crippen LogP contribution in [-0.2, 0) is 0 Å². The van der Waals surface area contributed by atoms with Gasteiger partial charge in [-0.05, 0) is 119 Å². The summed E-state index contributed by atoms with van der Waals surface area (Å²) in [6.45, 7) is 0. The lowest BCUT2D eigenvalue weighted by Crippen LogP contribution is -2.10. The Kier molecular flexibility index (Phi) is 8.40. The van der Waals surface area contributed by atoms with Gasteiger partial charge in [0, 0.05) is 70.0 Å². The fourth-order valence-electron chi connectivity index (χ4n) is 9.77. The summed E-state index contributed by atoms with van der Waals surface area (Å²) in [4.78, 5) is 2.39. The van der Waals surface area contributed by atoms with Crippen LogP contribution in [0.1, 0.15) is 0 Å². The van der Waals surface area contributed by atoms with Crippen molar-refractivity contribution in [2.24, 2.45) is 0 Å². The molecule has 0 aliphatic carbocycles. The van der Waals surface area contributed by atoms with Crippen molar-refractivity contribution in [2.45, 2.75) is 0 Å². The van der Waals surface area contributed by atoms with E-state index in [4.69, 9.17) is 4.42 Å². The van der Waals surface area contributed by atoms with Gasteiger partial charge < -0.3 is 13.9 Å². The smallest absolute Gasteiger partial charge is 0.143 e. The van der Waals surface area contributed by atoms with Crippen LogP contribution in [-0.4, -0.2) is 4.57 Å². The van der Waals surface area contributed by atoms with Gasteiger partial charge in [0.2, 0.25) is 0 Å². The first-order valence-electron chi connectivity index (χ1n) is 21.7. The summed E-state index contributed by atoms with van der Waals surface area (Å²) in [6.07, 6.45) is 0. The number of furan rings is 1. The molecule has 0 aliphatic rings. The lowest BCUT2D eigenvalue weighted by Gasteiger charge is -2.27. The molecular formula is C60H38N2OS. The average molecular weight is 835 g/mol. The molecular weight excluding hydrogens is 797 g/mol. The number of aromatic nitrogens is 1. The Balaban J connectivity index is 0.946. The van der Waals surface area contributed by atoms with E-state index in [-0.39, 0.29) is 0 Å². The van der Waals surface area contributed by atoms with E-state index in [2.05, 4.69) is 228 Å². The molecule has 4 heteroatoms. The van der Waals surface area contributed by atoms with Crippen molar-refractivity contribution in [1.29, 1.82) is 0 Å². The largest absolute Gasteiger partial charge is 0.455 e. The second-order valence-electron chi connectivity index (χ2n) is 16.5. The third kappa shape index (κ3) is 5.95. The van der Waals surface area contributed by atoms with Crippen molar-refractivity contribution >= 4 is 92.3 Å². The minimum atomic E-state index is 0.903. The monoisotopic (exact) mass is 834 g/mol. The molecule has 0 N–H and O–H groups in total. The predicted octanol–water partition coefficient (Wildman–Crippen LogP) is 17.5. The maximum absolute atomic E-state index is 6.47. The SMILES string of the molecule is c1ccc(-n2c3ccccc3c3cc(-c4cccc(N(c5ccc(-c6cccc7c6oc6ccccc67)cc5)c5cccc(-c6ccc7sc8ccccc8c7c6)c5)c4)ccc32)cc1. The quantitative estimate of drug-likeness (QED) is 0.159.